The van der Waals surface area contributed by atoms with E-state index in [1.54, 1.807) is 0 Å². The maximum atomic E-state index is 11.8. The normalized spacial score (nSPS) is 14.0. The first-order valence-corrected chi connectivity index (χ1v) is 9.30. The minimum absolute atomic E-state index is 0.859. The molecule has 0 spiro atoms. The molecule has 0 saturated heterocycles. The van der Waals surface area contributed by atoms with Crippen LogP contribution in [0.5, 0.6) is 0 Å². The van der Waals surface area contributed by atoms with Crippen molar-refractivity contribution in [2.45, 2.75) is 31.5 Å². The summed E-state index contributed by atoms with van der Waals surface area (Å²) in [5, 5.41) is 0. The van der Waals surface area contributed by atoms with Gasteiger partial charge < -0.3 is 0 Å². The second-order valence-electron chi connectivity index (χ2n) is 4.43. The first kappa shape index (κ1) is 11.6. The van der Waals surface area contributed by atoms with E-state index in [9.17, 15) is 4.21 Å². The molecule has 2 nitrogen and oxygen atoms in total. The average molecular weight is 227 g/mol. The molecule has 4 heteroatoms. The van der Waals surface area contributed by atoms with Gasteiger partial charge >= 0.3 is 0 Å². The van der Waals surface area contributed by atoms with Crippen LogP contribution in [0.15, 0.2) is 29.2 Å². The van der Waals surface area contributed by atoms with Crippen molar-refractivity contribution >= 4 is 19.2 Å². The minimum Gasteiger partial charge on any atom is -0.256 e. The van der Waals surface area contributed by atoms with Crippen LogP contribution < -0.4 is 4.39 Å². The Kier molecular flexibility index (Phi) is 3.63. The number of aryl methyl sites for hydroxylation is 1. The molecule has 0 unspecified atom stereocenters. The molecule has 1 aromatic carbocycles. The van der Waals surface area contributed by atoms with E-state index in [1.165, 1.54) is 5.56 Å². The van der Waals surface area contributed by atoms with Crippen molar-refractivity contribution in [1.29, 1.82) is 0 Å². The minimum atomic E-state index is -1.47. The molecule has 0 aliphatic rings. The Bertz CT molecular complexity index is 329. The van der Waals surface area contributed by atoms with Crippen molar-refractivity contribution in [3.63, 3.8) is 0 Å². The van der Waals surface area contributed by atoms with E-state index in [0.717, 1.165) is 4.90 Å². The summed E-state index contributed by atoms with van der Waals surface area (Å²) in [4.78, 5) is 0.859. The quantitative estimate of drug-likeness (QED) is 0.790. The highest BCUT2D eigenvalue weighted by molar-refractivity contribution is 7.84. The summed E-state index contributed by atoms with van der Waals surface area (Å²) in [5.41, 5.74) is 1.19. The van der Waals surface area contributed by atoms with Crippen LogP contribution >= 0.6 is 0 Å². The first-order chi connectivity index (χ1) is 6.38. The smallest absolute Gasteiger partial charge is 0.131 e. The van der Waals surface area contributed by atoms with E-state index in [1.807, 2.05) is 31.2 Å². The number of hydrogen-bond acceptors (Lipinski definition) is 1. The van der Waals surface area contributed by atoms with Gasteiger partial charge in [-0.25, -0.2) is 4.21 Å². The molecule has 1 atom stereocenters. The predicted octanol–water partition coefficient (Wildman–Crippen LogP) is 2.44. The lowest BCUT2D eigenvalue weighted by Gasteiger charge is -2.16. The van der Waals surface area contributed by atoms with Crippen LogP contribution in [0.4, 0.5) is 0 Å². The molecule has 1 rings (SSSR count). The van der Waals surface area contributed by atoms with Crippen molar-refractivity contribution in [2.75, 3.05) is 0 Å². The van der Waals surface area contributed by atoms with E-state index < -0.39 is 19.2 Å². The summed E-state index contributed by atoms with van der Waals surface area (Å²) in [6.45, 7) is 8.44. The first-order valence-electron chi connectivity index (χ1n) is 4.65. The van der Waals surface area contributed by atoms with Crippen molar-refractivity contribution in [2.24, 2.45) is 0 Å². The van der Waals surface area contributed by atoms with Crippen LogP contribution in [-0.4, -0.2) is 12.4 Å². The van der Waals surface area contributed by atoms with Crippen molar-refractivity contribution in [3.8, 4) is 0 Å². The van der Waals surface area contributed by atoms with Gasteiger partial charge in [-0.1, -0.05) is 37.3 Å². The van der Waals surface area contributed by atoms with Gasteiger partial charge in [-0.2, -0.15) is 0 Å². The fraction of sp³-hybridized carbons (Fsp3) is 0.400. The average Bonchev–Trinajstić information content (AvgIpc) is 2.02. The molecule has 0 aromatic heterocycles. The molecule has 0 aliphatic carbocycles. The van der Waals surface area contributed by atoms with Crippen LogP contribution in [-0.2, 0) is 11.0 Å². The summed E-state index contributed by atoms with van der Waals surface area (Å²) >= 11 is 0. The maximum absolute atomic E-state index is 11.8. The van der Waals surface area contributed by atoms with Gasteiger partial charge in [0.2, 0.25) is 0 Å². The Balaban J connectivity index is 2.76. The molecule has 0 aliphatic heterocycles. The Labute approximate surface area is 89.4 Å². The topological polar surface area (TPSA) is 29.1 Å². The lowest BCUT2D eigenvalue weighted by molar-refractivity contribution is 0.681. The van der Waals surface area contributed by atoms with Crippen LogP contribution in [0.3, 0.4) is 0 Å². The number of hydrogen-bond donors (Lipinski definition) is 1. The molecule has 78 valence electrons. The summed E-state index contributed by atoms with van der Waals surface area (Å²) in [6.07, 6.45) is 0. The third-order valence-corrected chi connectivity index (χ3v) is 5.53. The van der Waals surface area contributed by atoms with E-state index in [-0.39, 0.29) is 0 Å². The van der Waals surface area contributed by atoms with Crippen LogP contribution in [0, 0.1) is 6.92 Å². The summed E-state index contributed by atoms with van der Waals surface area (Å²) in [7, 11) is -2.52. The summed E-state index contributed by atoms with van der Waals surface area (Å²) in [5.74, 6) is 0. The zero-order valence-corrected chi connectivity index (χ0v) is 10.9. The lowest BCUT2D eigenvalue weighted by atomic mass is 10.2. The van der Waals surface area contributed by atoms with Crippen molar-refractivity contribution in [3.05, 3.63) is 29.8 Å². The van der Waals surface area contributed by atoms with Gasteiger partial charge in [-0.15, -0.1) is 0 Å². The Hall–Kier alpha value is -0.453. The van der Waals surface area contributed by atoms with Crippen LogP contribution in [0.2, 0.25) is 19.6 Å². The van der Waals surface area contributed by atoms with Gasteiger partial charge in [0, 0.05) is 0 Å². The number of benzene rings is 1. The Morgan fingerprint density at radius 1 is 1.14 bits per heavy atom. The van der Waals surface area contributed by atoms with Gasteiger partial charge in [0.15, 0.2) is 0 Å². The highest BCUT2D eigenvalue weighted by atomic mass is 32.2. The second kappa shape index (κ2) is 4.38. The fourth-order valence-electron chi connectivity index (χ4n) is 0.999. The highest BCUT2D eigenvalue weighted by Crippen LogP contribution is 2.08. The molecule has 0 saturated carbocycles. The van der Waals surface area contributed by atoms with Gasteiger partial charge in [0.05, 0.1) is 4.90 Å². The standard InChI is InChI=1S/C10H17NOSSi/c1-9-5-7-10(8-6-9)13(12)11-14(2,3)4/h5-8,11H,1-4H3/t13-/m0/s1. The van der Waals surface area contributed by atoms with Gasteiger partial charge in [0.1, 0.15) is 19.2 Å². The zero-order valence-electron chi connectivity index (χ0n) is 9.13. The van der Waals surface area contributed by atoms with E-state index in [4.69, 9.17) is 0 Å². The molecule has 0 amide bonds. The molecule has 1 N–H and O–H groups in total. The fourth-order valence-corrected chi connectivity index (χ4v) is 4.08. The van der Waals surface area contributed by atoms with Crippen molar-refractivity contribution < 1.29 is 4.21 Å². The van der Waals surface area contributed by atoms with Gasteiger partial charge in [-0.3, -0.25) is 4.39 Å². The summed E-state index contributed by atoms with van der Waals surface area (Å²) in [6, 6.07) is 7.80. The van der Waals surface area contributed by atoms with Gasteiger partial charge in [-0.05, 0) is 19.1 Å². The molecular formula is C10H17NOSSi. The largest absolute Gasteiger partial charge is 0.256 e. The lowest BCUT2D eigenvalue weighted by Crippen LogP contribution is -2.42. The van der Waals surface area contributed by atoms with Crippen LogP contribution in [0.25, 0.3) is 0 Å². The highest BCUT2D eigenvalue weighted by Gasteiger charge is 2.16. The van der Waals surface area contributed by atoms with E-state index in [2.05, 4.69) is 24.0 Å². The molecular weight excluding hydrogens is 210 g/mol. The molecule has 0 radical (unpaired) electrons. The monoisotopic (exact) mass is 227 g/mol. The van der Waals surface area contributed by atoms with E-state index >= 15 is 0 Å². The van der Waals surface area contributed by atoms with E-state index in [0.29, 0.717) is 0 Å². The zero-order chi connectivity index (χ0) is 10.8. The Morgan fingerprint density at radius 2 is 1.64 bits per heavy atom. The maximum Gasteiger partial charge on any atom is 0.131 e. The molecule has 0 bridgehead atoms. The third kappa shape index (κ3) is 3.73. The third-order valence-electron chi connectivity index (χ3n) is 1.63. The molecule has 0 fully saturated rings. The Morgan fingerprint density at radius 3 is 2.07 bits per heavy atom. The van der Waals surface area contributed by atoms with Crippen molar-refractivity contribution in [1.82, 2.24) is 4.39 Å². The van der Waals surface area contributed by atoms with Crippen LogP contribution in [0.1, 0.15) is 5.56 Å². The molecule has 14 heavy (non-hydrogen) atoms. The molecule has 0 heterocycles. The summed E-state index contributed by atoms with van der Waals surface area (Å²) < 4.78 is 15.0. The van der Waals surface area contributed by atoms with Gasteiger partial charge in [0.25, 0.3) is 0 Å². The second-order valence-corrected chi connectivity index (χ2v) is 10.8. The SMILES string of the molecule is Cc1ccc([S@](=O)N[Si](C)(C)C)cc1. The predicted molar refractivity (Wildman–Crippen MR) is 64.1 cm³/mol. The number of nitrogens with one attached hydrogen (secondary N) is 1. The number of rotatable bonds is 3. The molecule has 1 aromatic rings.